The van der Waals surface area contributed by atoms with E-state index >= 15 is 0 Å². The molecular weight excluding hydrogens is 529 g/mol. The molecule has 1 aliphatic rings. The molecule has 2 aromatic heterocycles. The Morgan fingerprint density at radius 1 is 1.18 bits per heavy atom. The number of rotatable bonds is 8. The molecule has 4 rings (SSSR count). The van der Waals surface area contributed by atoms with E-state index in [1.54, 1.807) is 14.2 Å². The van der Waals surface area contributed by atoms with Crippen molar-refractivity contribution in [3.8, 4) is 11.5 Å². The number of imidazole rings is 1. The average Bonchev–Trinajstić information content (AvgIpc) is 3.47. The normalized spacial score (nSPS) is 14.2. The molecule has 0 radical (unpaired) electrons. The number of nitrogens with zero attached hydrogens (tertiary/aromatic N) is 3. The molecule has 8 heteroatoms. The van der Waals surface area contributed by atoms with Crippen LogP contribution in [0.15, 0.2) is 47.7 Å². The van der Waals surface area contributed by atoms with Crippen LogP contribution in [-0.4, -0.2) is 42.2 Å². The van der Waals surface area contributed by atoms with Gasteiger partial charge in [0, 0.05) is 44.5 Å². The van der Waals surface area contributed by atoms with Crippen LogP contribution in [0, 0.1) is 6.92 Å². The minimum absolute atomic E-state index is 0. The van der Waals surface area contributed by atoms with Crippen molar-refractivity contribution < 1.29 is 9.47 Å². The Morgan fingerprint density at radius 3 is 2.73 bits per heavy atom. The first-order chi connectivity index (χ1) is 15.7. The summed E-state index contributed by atoms with van der Waals surface area (Å²) < 4.78 is 14.0. The number of para-hydroxylation sites is 1. The van der Waals surface area contributed by atoms with E-state index in [2.05, 4.69) is 45.3 Å². The number of aliphatic imine (C=N–C) groups is 1. The summed E-state index contributed by atoms with van der Waals surface area (Å²) >= 11 is 0. The summed E-state index contributed by atoms with van der Waals surface area (Å²) in [6, 6.07) is 10.2. The van der Waals surface area contributed by atoms with E-state index in [1.165, 1.54) is 18.4 Å². The molecule has 33 heavy (non-hydrogen) atoms. The third-order valence-electron chi connectivity index (χ3n) is 5.94. The first-order valence-corrected chi connectivity index (χ1v) is 11.4. The molecule has 0 spiro atoms. The molecule has 1 aliphatic carbocycles. The molecule has 0 bridgehead atoms. The van der Waals surface area contributed by atoms with Crippen molar-refractivity contribution in [2.24, 2.45) is 4.99 Å². The smallest absolute Gasteiger partial charge is 0.191 e. The highest BCUT2D eigenvalue weighted by Gasteiger charge is 2.20. The third-order valence-corrected chi connectivity index (χ3v) is 5.94. The van der Waals surface area contributed by atoms with E-state index in [0.717, 1.165) is 60.2 Å². The maximum Gasteiger partial charge on any atom is 0.191 e. The van der Waals surface area contributed by atoms with Gasteiger partial charge < -0.3 is 24.5 Å². The van der Waals surface area contributed by atoms with Gasteiger partial charge >= 0.3 is 0 Å². The van der Waals surface area contributed by atoms with Crippen LogP contribution >= 0.6 is 24.0 Å². The highest BCUT2D eigenvalue weighted by Crippen LogP contribution is 2.34. The van der Waals surface area contributed by atoms with Crippen LogP contribution in [0.3, 0.4) is 0 Å². The molecule has 2 heterocycles. The molecule has 178 valence electrons. The fourth-order valence-electron chi connectivity index (χ4n) is 4.20. The van der Waals surface area contributed by atoms with Gasteiger partial charge in [-0.2, -0.15) is 0 Å². The summed E-state index contributed by atoms with van der Waals surface area (Å²) in [5.74, 6) is 2.37. The van der Waals surface area contributed by atoms with Gasteiger partial charge in [-0.1, -0.05) is 18.2 Å². The van der Waals surface area contributed by atoms with Crippen LogP contribution in [0.25, 0.3) is 5.65 Å². The van der Waals surface area contributed by atoms with Crippen molar-refractivity contribution in [3.63, 3.8) is 0 Å². The lowest BCUT2D eigenvalue weighted by molar-refractivity contribution is 0.198. The predicted molar refractivity (Wildman–Crippen MR) is 143 cm³/mol. The number of fused-ring (bicyclic) bond motifs is 1. The summed E-state index contributed by atoms with van der Waals surface area (Å²) in [6.07, 6.45) is 9.89. The monoisotopic (exact) mass is 563 g/mol. The minimum Gasteiger partial charge on any atom is -0.493 e. The lowest BCUT2D eigenvalue weighted by Gasteiger charge is -2.20. The van der Waals surface area contributed by atoms with Gasteiger partial charge in [-0.05, 0) is 50.3 Å². The van der Waals surface area contributed by atoms with E-state index in [9.17, 15) is 0 Å². The second-order valence-electron chi connectivity index (χ2n) is 8.23. The Bertz CT molecular complexity index is 1080. The Morgan fingerprint density at radius 2 is 2.00 bits per heavy atom. The van der Waals surface area contributed by atoms with E-state index in [1.807, 2.05) is 24.4 Å². The van der Waals surface area contributed by atoms with Gasteiger partial charge in [0.05, 0.1) is 18.9 Å². The van der Waals surface area contributed by atoms with Crippen molar-refractivity contribution in [1.82, 2.24) is 20.0 Å². The third kappa shape index (κ3) is 6.31. The summed E-state index contributed by atoms with van der Waals surface area (Å²) in [5, 5.41) is 6.79. The van der Waals surface area contributed by atoms with Crippen LogP contribution in [0.2, 0.25) is 0 Å². The first-order valence-electron chi connectivity index (χ1n) is 11.4. The molecular formula is C25H34IN5O2. The zero-order valence-corrected chi connectivity index (χ0v) is 22.0. The van der Waals surface area contributed by atoms with E-state index < -0.39 is 0 Å². The summed E-state index contributed by atoms with van der Waals surface area (Å²) in [4.78, 5) is 9.10. The lowest BCUT2D eigenvalue weighted by Crippen LogP contribution is -2.38. The van der Waals surface area contributed by atoms with Gasteiger partial charge in [-0.15, -0.1) is 24.0 Å². The number of halogens is 1. The molecule has 0 aliphatic heterocycles. The van der Waals surface area contributed by atoms with Gasteiger partial charge in [0.2, 0.25) is 0 Å². The number of aromatic nitrogens is 2. The number of ether oxygens (including phenoxy) is 2. The molecule has 1 saturated carbocycles. The van der Waals surface area contributed by atoms with Gasteiger partial charge in [0.25, 0.3) is 0 Å². The molecule has 2 N–H and O–H groups in total. The zero-order valence-electron chi connectivity index (χ0n) is 19.6. The molecule has 1 aromatic carbocycles. The summed E-state index contributed by atoms with van der Waals surface area (Å²) in [7, 11) is 3.47. The zero-order chi connectivity index (χ0) is 22.3. The average molecular weight is 563 g/mol. The Balaban J connectivity index is 0.00000306. The van der Waals surface area contributed by atoms with Crippen molar-refractivity contribution in [2.45, 2.75) is 51.7 Å². The van der Waals surface area contributed by atoms with Gasteiger partial charge in [-0.25, -0.2) is 4.98 Å². The summed E-state index contributed by atoms with van der Waals surface area (Å²) in [6.45, 7) is 3.43. The van der Waals surface area contributed by atoms with Crippen molar-refractivity contribution in [1.29, 1.82) is 0 Å². The van der Waals surface area contributed by atoms with Gasteiger partial charge in [0.15, 0.2) is 17.5 Å². The molecule has 0 saturated heterocycles. The number of aryl methyl sites for hydroxylation is 1. The molecule has 0 atom stereocenters. The molecule has 3 aromatic rings. The van der Waals surface area contributed by atoms with Crippen LogP contribution < -0.4 is 20.1 Å². The highest BCUT2D eigenvalue weighted by molar-refractivity contribution is 14.0. The van der Waals surface area contributed by atoms with E-state index in [-0.39, 0.29) is 30.1 Å². The van der Waals surface area contributed by atoms with Gasteiger partial charge in [0.1, 0.15) is 5.65 Å². The topological polar surface area (TPSA) is 72.2 Å². The molecule has 0 unspecified atom stereocenters. The standard InChI is InChI=1S/C25H33N5O2.HI/c1-18-8-7-15-30-17-20(29-24(18)30)13-14-27-25(26-2)28-16-19-9-6-12-22(31-3)23(19)32-21-10-4-5-11-21;/h6-9,12,15,17,21H,4-5,10-11,13-14,16H2,1-3H3,(H2,26,27,28);1H. The van der Waals surface area contributed by atoms with E-state index in [0.29, 0.717) is 6.54 Å². The molecule has 0 amide bonds. The minimum atomic E-state index is 0. The predicted octanol–water partition coefficient (Wildman–Crippen LogP) is 4.50. The van der Waals surface area contributed by atoms with Gasteiger partial charge in [-0.3, -0.25) is 4.99 Å². The van der Waals surface area contributed by atoms with Crippen molar-refractivity contribution >= 4 is 35.6 Å². The number of hydrogen-bond donors (Lipinski definition) is 2. The SMILES string of the molecule is CN=C(NCCc1cn2cccc(C)c2n1)NCc1cccc(OC)c1OC1CCCC1.I. The van der Waals surface area contributed by atoms with E-state index in [4.69, 9.17) is 14.5 Å². The van der Waals surface area contributed by atoms with Crippen molar-refractivity contribution in [2.75, 3.05) is 20.7 Å². The number of hydrogen-bond acceptors (Lipinski definition) is 4. The fourth-order valence-corrected chi connectivity index (χ4v) is 4.20. The largest absolute Gasteiger partial charge is 0.493 e. The number of pyridine rings is 1. The maximum atomic E-state index is 6.34. The second-order valence-corrected chi connectivity index (χ2v) is 8.23. The number of methoxy groups -OCH3 is 1. The Labute approximate surface area is 213 Å². The molecule has 7 nitrogen and oxygen atoms in total. The number of guanidine groups is 1. The van der Waals surface area contributed by atoms with Crippen LogP contribution in [0.5, 0.6) is 11.5 Å². The lowest BCUT2D eigenvalue weighted by atomic mass is 10.1. The van der Waals surface area contributed by atoms with Crippen LogP contribution in [0.1, 0.15) is 42.5 Å². The van der Waals surface area contributed by atoms with Crippen molar-refractivity contribution in [3.05, 3.63) is 59.5 Å². The number of nitrogens with one attached hydrogen (secondary N) is 2. The second kappa shape index (κ2) is 12.1. The van der Waals surface area contributed by atoms with Crippen LogP contribution in [-0.2, 0) is 13.0 Å². The Hall–Kier alpha value is -2.49. The maximum absolute atomic E-state index is 6.34. The highest BCUT2D eigenvalue weighted by atomic mass is 127. The number of benzene rings is 1. The van der Waals surface area contributed by atoms with Crippen LogP contribution in [0.4, 0.5) is 0 Å². The fraction of sp³-hybridized carbons (Fsp3) is 0.440. The Kier molecular flexibility index (Phi) is 9.22. The first kappa shape index (κ1) is 25.1. The quantitative estimate of drug-likeness (QED) is 0.240. The molecule has 1 fully saturated rings. The summed E-state index contributed by atoms with van der Waals surface area (Å²) in [5.41, 5.74) is 4.31.